The SMILES string of the molecule is Cc1nc(-c2ccccc2)nc(N2CCCN(C(=O)C3CC3)CC2)c1C(C)C. The van der Waals surface area contributed by atoms with Crippen molar-refractivity contribution in [3.05, 3.63) is 41.6 Å². The second kappa shape index (κ2) is 7.90. The topological polar surface area (TPSA) is 49.3 Å². The van der Waals surface area contributed by atoms with Crippen molar-refractivity contribution in [1.29, 1.82) is 0 Å². The number of nitrogens with zero attached hydrogens (tertiary/aromatic N) is 4. The van der Waals surface area contributed by atoms with Crippen LogP contribution in [0, 0.1) is 12.8 Å². The molecule has 1 amide bonds. The van der Waals surface area contributed by atoms with E-state index in [0.29, 0.717) is 17.7 Å². The summed E-state index contributed by atoms with van der Waals surface area (Å²) in [6, 6.07) is 10.2. The van der Waals surface area contributed by atoms with E-state index in [9.17, 15) is 4.79 Å². The van der Waals surface area contributed by atoms with Crippen molar-refractivity contribution >= 4 is 11.7 Å². The van der Waals surface area contributed by atoms with Crippen LogP contribution in [-0.2, 0) is 4.79 Å². The Kier molecular flexibility index (Phi) is 5.33. The highest BCUT2D eigenvalue weighted by Crippen LogP contribution is 2.33. The minimum atomic E-state index is 0.295. The second-order valence-corrected chi connectivity index (χ2v) is 8.33. The van der Waals surface area contributed by atoms with E-state index in [1.807, 2.05) is 18.2 Å². The molecule has 2 heterocycles. The molecule has 1 aliphatic heterocycles. The number of benzene rings is 1. The third-order valence-electron chi connectivity index (χ3n) is 5.76. The number of carbonyl (C=O) groups excluding carboxylic acids is 1. The zero-order valence-electron chi connectivity index (χ0n) is 17.2. The van der Waals surface area contributed by atoms with Gasteiger partial charge in [0.25, 0.3) is 0 Å². The average Bonchev–Trinajstić information content (AvgIpc) is 3.54. The van der Waals surface area contributed by atoms with E-state index in [2.05, 4.69) is 42.7 Å². The van der Waals surface area contributed by atoms with Crippen LogP contribution in [0.4, 0.5) is 5.82 Å². The maximum Gasteiger partial charge on any atom is 0.225 e. The van der Waals surface area contributed by atoms with Gasteiger partial charge in [0.05, 0.1) is 0 Å². The Bertz CT molecular complexity index is 845. The van der Waals surface area contributed by atoms with Crippen LogP contribution >= 0.6 is 0 Å². The summed E-state index contributed by atoms with van der Waals surface area (Å²) < 4.78 is 0. The van der Waals surface area contributed by atoms with Crippen molar-refractivity contribution in [3.63, 3.8) is 0 Å². The number of aromatic nitrogens is 2. The van der Waals surface area contributed by atoms with Crippen molar-refractivity contribution < 1.29 is 4.79 Å². The third-order valence-corrected chi connectivity index (χ3v) is 5.76. The van der Waals surface area contributed by atoms with E-state index in [4.69, 9.17) is 9.97 Å². The molecule has 2 aliphatic rings. The molecule has 1 aliphatic carbocycles. The Balaban J connectivity index is 1.65. The number of hydrogen-bond donors (Lipinski definition) is 0. The second-order valence-electron chi connectivity index (χ2n) is 8.33. The molecular formula is C23H30N4O. The van der Waals surface area contributed by atoms with Crippen molar-refractivity contribution in [2.24, 2.45) is 5.92 Å². The Morgan fingerprint density at radius 2 is 1.79 bits per heavy atom. The Morgan fingerprint density at radius 3 is 2.46 bits per heavy atom. The standard InChI is InChI=1S/C23H30N4O/c1-16(2)20-17(3)24-21(18-8-5-4-6-9-18)25-22(20)26-12-7-13-27(15-14-26)23(28)19-10-11-19/h4-6,8-9,16,19H,7,10-15H2,1-3H3. The number of hydrogen-bond acceptors (Lipinski definition) is 4. The molecule has 5 heteroatoms. The molecule has 5 nitrogen and oxygen atoms in total. The number of rotatable bonds is 4. The summed E-state index contributed by atoms with van der Waals surface area (Å²) in [5.74, 6) is 2.83. The van der Waals surface area contributed by atoms with E-state index < -0.39 is 0 Å². The smallest absolute Gasteiger partial charge is 0.225 e. The number of amides is 1. The Morgan fingerprint density at radius 1 is 1.04 bits per heavy atom. The maximum absolute atomic E-state index is 12.5. The van der Waals surface area contributed by atoms with E-state index >= 15 is 0 Å². The summed E-state index contributed by atoms with van der Waals surface area (Å²) in [5.41, 5.74) is 3.32. The molecule has 1 aromatic carbocycles. The predicted molar refractivity (Wildman–Crippen MR) is 112 cm³/mol. The van der Waals surface area contributed by atoms with E-state index in [1.54, 1.807) is 0 Å². The summed E-state index contributed by atoms with van der Waals surface area (Å²) in [6.07, 6.45) is 3.13. The predicted octanol–water partition coefficient (Wildman–Crippen LogP) is 4.02. The molecular weight excluding hydrogens is 348 g/mol. The summed E-state index contributed by atoms with van der Waals surface area (Å²) in [6.45, 7) is 9.92. The summed E-state index contributed by atoms with van der Waals surface area (Å²) >= 11 is 0. The first-order chi connectivity index (χ1) is 13.5. The first kappa shape index (κ1) is 18.9. The highest BCUT2D eigenvalue weighted by Gasteiger charge is 2.34. The Labute approximate surface area is 167 Å². The van der Waals surface area contributed by atoms with Crippen LogP contribution in [0.3, 0.4) is 0 Å². The molecule has 0 spiro atoms. The van der Waals surface area contributed by atoms with Gasteiger partial charge in [-0.05, 0) is 32.1 Å². The summed E-state index contributed by atoms with van der Waals surface area (Å²) in [4.78, 5) is 26.8. The first-order valence-electron chi connectivity index (χ1n) is 10.5. The molecule has 148 valence electrons. The lowest BCUT2D eigenvalue weighted by atomic mass is 10.0. The number of aryl methyl sites for hydroxylation is 1. The highest BCUT2D eigenvalue weighted by atomic mass is 16.2. The fraction of sp³-hybridized carbons (Fsp3) is 0.522. The van der Waals surface area contributed by atoms with Gasteiger partial charge < -0.3 is 9.80 Å². The first-order valence-corrected chi connectivity index (χ1v) is 10.5. The van der Waals surface area contributed by atoms with Crippen molar-refractivity contribution in [3.8, 4) is 11.4 Å². The van der Waals surface area contributed by atoms with Gasteiger partial charge >= 0.3 is 0 Å². The fourth-order valence-corrected chi connectivity index (χ4v) is 4.14. The fourth-order valence-electron chi connectivity index (χ4n) is 4.14. The molecule has 4 rings (SSSR count). The third kappa shape index (κ3) is 3.89. The van der Waals surface area contributed by atoms with Crippen LogP contribution in [0.25, 0.3) is 11.4 Å². The van der Waals surface area contributed by atoms with Gasteiger partial charge in [-0.2, -0.15) is 0 Å². The minimum Gasteiger partial charge on any atom is -0.354 e. The summed E-state index contributed by atoms with van der Waals surface area (Å²) in [5, 5.41) is 0. The number of carbonyl (C=O) groups is 1. The van der Waals surface area contributed by atoms with Crippen molar-refractivity contribution in [1.82, 2.24) is 14.9 Å². The van der Waals surface area contributed by atoms with E-state index in [-0.39, 0.29) is 0 Å². The van der Waals surface area contributed by atoms with Crippen LogP contribution in [-0.4, -0.2) is 47.0 Å². The molecule has 0 bridgehead atoms. The molecule has 0 unspecified atom stereocenters. The molecule has 1 saturated carbocycles. The van der Waals surface area contributed by atoms with Gasteiger partial charge in [0.15, 0.2) is 5.82 Å². The number of anilines is 1. The van der Waals surface area contributed by atoms with Gasteiger partial charge in [-0.1, -0.05) is 44.2 Å². The van der Waals surface area contributed by atoms with Crippen LogP contribution in [0.2, 0.25) is 0 Å². The molecule has 28 heavy (non-hydrogen) atoms. The van der Waals surface area contributed by atoms with Crippen LogP contribution < -0.4 is 4.90 Å². The lowest BCUT2D eigenvalue weighted by Gasteiger charge is -2.27. The molecule has 1 aromatic heterocycles. The van der Waals surface area contributed by atoms with E-state index in [0.717, 1.165) is 68.3 Å². The average molecular weight is 379 g/mol. The monoisotopic (exact) mass is 378 g/mol. The zero-order chi connectivity index (χ0) is 19.7. The van der Waals surface area contributed by atoms with Crippen LogP contribution in [0.1, 0.15) is 50.3 Å². The lowest BCUT2D eigenvalue weighted by molar-refractivity contribution is -0.132. The molecule has 0 N–H and O–H groups in total. The molecule has 0 radical (unpaired) electrons. The normalized spacial score (nSPS) is 17.7. The molecule has 0 atom stereocenters. The lowest BCUT2D eigenvalue weighted by Crippen LogP contribution is -2.36. The van der Waals surface area contributed by atoms with E-state index in [1.165, 1.54) is 5.56 Å². The maximum atomic E-state index is 12.5. The molecule has 1 saturated heterocycles. The van der Waals surface area contributed by atoms with Gasteiger partial charge in [-0.25, -0.2) is 9.97 Å². The van der Waals surface area contributed by atoms with Crippen LogP contribution in [0.5, 0.6) is 0 Å². The van der Waals surface area contributed by atoms with Gasteiger partial charge in [0, 0.05) is 48.9 Å². The quantitative estimate of drug-likeness (QED) is 0.806. The van der Waals surface area contributed by atoms with Gasteiger partial charge in [-0.15, -0.1) is 0 Å². The van der Waals surface area contributed by atoms with Crippen molar-refractivity contribution in [2.75, 3.05) is 31.1 Å². The highest BCUT2D eigenvalue weighted by molar-refractivity contribution is 5.81. The van der Waals surface area contributed by atoms with Crippen molar-refractivity contribution in [2.45, 2.75) is 46.0 Å². The molecule has 2 aromatic rings. The Hall–Kier alpha value is -2.43. The van der Waals surface area contributed by atoms with Gasteiger partial charge in [0.1, 0.15) is 5.82 Å². The zero-order valence-corrected chi connectivity index (χ0v) is 17.2. The minimum absolute atomic E-state index is 0.295. The van der Waals surface area contributed by atoms with Gasteiger partial charge in [0.2, 0.25) is 5.91 Å². The summed E-state index contributed by atoms with van der Waals surface area (Å²) in [7, 11) is 0. The van der Waals surface area contributed by atoms with Crippen LogP contribution in [0.15, 0.2) is 30.3 Å². The van der Waals surface area contributed by atoms with Gasteiger partial charge in [-0.3, -0.25) is 4.79 Å². The largest absolute Gasteiger partial charge is 0.354 e. The molecule has 2 fully saturated rings.